The van der Waals surface area contributed by atoms with Gasteiger partial charge in [-0.15, -0.1) is 0 Å². The predicted molar refractivity (Wildman–Crippen MR) is 86.0 cm³/mol. The lowest BCUT2D eigenvalue weighted by atomic mass is 9.92. The third kappa shape index (κ3) is 3.42. The molecule has 0 saturated heterocycles. The number of hydrogen-bond acceptors (Lipinski definition) is 4. The molecule has 1 N–H and O–H groups in total. The Kier molecular flexibility index (Phi) is 4.96. The number of esters is 1. The molecule has 1 unspecified atom stereocenters. The van der Waals surface area contributed by atoms with Crippen molar-refractivity contribution in [1.82, 2.24) is 4.98 Å². The van der Waals surface area contributed by atoms with E-state index in [4.69, 9.17) is 4.74 Å². The zero-order valence-electron chi connectivity index (χ0n) is 12.0. The van der Waals surface area contributed by atoms with Crippen molar-refractivity contribution in [2.75, 3.05) is 11.9 Å². The number of carbonyl (C=O) groups excluding carboxylic acids is 1. The number of ether oxygens (including phenoxy) is 1. The van der Waals surface area contributed by atoms with E-state index in [-0.39, 0.29) is 5.97 Å². The first-order valence-electron chi connectivity index (χ1n) is 6.68. The van der Waals surface area contributed by atoms with Crippen LogP contribution in [0.3, 0.4) is 0 Å². The normalized spacial score (nSPS) is 13.3. The summed E-state index contributed by atoms with van der Waals surface area (Å²) in [5.74, 6) is -0.327. The van der Waals surface area contributed by atoms with Crippen molar-refractivity contribution >= 4 is 27.6 Å². The van der Waals surface area contributed by atoms with Crippen LogP contribution in [0.4, 0.5) is 5.69 Å². The van der Waals surface area contributed by atoms with Crippen molar-refractivity contribution in [1.29, 1.82) is 0 Å². The van der Waals surface area contributed by atoms with Gasteiger partial charge in [0.1, 0.15) is 0 Å². The second kappa shape index (κ2) is 6.72. The Balaban J connectivity index is 2.42. The average Bonchev–Trinajstić information content (AvgIpc) is 2.50. The number of anilines is 1. The molecule has 1 atom stereocenters. The smallest absolute Gasteiger partial charge is 0.336 e. The van der Waals surface area contributed by atoms with E-state index in [1.54, 1.807) is 38.4 Å². The quantitative estimate of drug-likeness (QED) is 0.836. The molecule has 0 aliphatic carbocycles. The Labute approximate surface area is 132 Å². The van der Waals surface area contributed by atoms with Gasteiger partial charge in [0.05, 0.1) is 6.61 Å². The standard InChI is InChI=1S/C16H17BrN2O2/c1-3-21-15(20)16(2,12-8-10-18-11-9-12)19-14-7-5-4-6-13(14)17/h4-11,19H,3H2,1-2H3. The SMILES string of the molecule is CCOC(=O)C(C)(Nc1ccccc1Br)c1ccncc1. The monoisotopic (exact) mass is 348 g/mol. The van der Waals surface area contributed by atoms with Crippen LogP contribution in [0.2, 0.25) is 0 Å². The number of halogens is 1. The van der Waals surface area contributed by atoms with Gasteiger partial charge in [0, 0.05) is 22.6 Å². The number of aromatic nitrogens is 1. The van der Waals surface area contributed by atoms with Crippen molar-refractivity contribution < 1.29 is 9.53 Å². The summed E-state index contributed by atoms with van der Waals surface area (Å²) in [6, 6.07) is 11.3. The molecule has 0 fully saturated rings. The second-order valence-electron chi connectivity index (χ2n) is 4.69. The lowest BCUT2D eigenvalue weighted by molar-refractivity contribution is -0.148. The topological polar surface area (TPSA) is 51.2 Å². The molecule has 0 spiro atoms. The number of carbonyl (C=O) groups is 1. The van der Waals surface area contributed by atoms with E-state index < -0.39 is 5.54 Å². The molecule has 21 heavy (non-hydrogen) atoms. The molecular weight excluding hydrogens is 332 g/mol. The van der Waals surface area contributed by atoms with Crippen molar-refractivity contribution in [3.63, 3.8) is 0 Å². The van der Waals surface area contributed by atoms with Crippen LogP contribution in [0.15, 0.2) is 53.3 Å². The Morgan fingerprint density at radius 1 is 1.29 bits per heavy atom. The summed E-state index contributed by atoms with van der Waals surface area (Å²) in [5.41, 5.74) is 0.639. The maximum Gasteiger partial charge on any atom is 0.336 e. The number of pyridine rings is 1. The molecule has 2 aromatic rings. The maximum atomic E-state index is 12.5. The fourth-order valence-corrected chi connectivity index (χ4v) is 2.42. The summed E-state index contributed by atoms with van der Waals surface area (Å²) in [7, 11) is 0. The van der Waals surface area contributed by atoms with Gasteiger partial charge in [-0.3, -0.25) is 4.98 Å². The molecule has 0 bridgehead atoms. The van der Waals surface area contributed by atoms with E-state index >= 15 is 0 Å². The molecule has 0 amide bonds. The van der Waals surface area contributed by atoms with Crippen LogP contribution < -0.4 is 5.32 Å². The number of hydrogen-bond donors (Lipinski definition) is 1. The van der Waals surface area contributed by atoms with Gasteiger partial charge >= 0.3 is 5.97 Å². The summed E-state index contributed by atoms with van der Waals surface area (Å²) in [6.07, 6.45) is 3.32. The van der Waals surface area contributed by atoms with E-state index in [0.29, 0.717) is 6.61 Å². The van der Waals surface area contributed by atoms with Crippen molar-refractivity contribution in [2.24, 2.45) is 0 Å². The van der Waals surface area contributed by atoms with Gasteiger partial charge in [-0.05, 0) is 59.6 Å². The van der Waals surface area contributed by atoms with Gasteiger partial charge in [0.15, 0.2) is 5.54 Å². The third-order valence-corrected chi connectivity index (χ3v) is 3.89. The van der Waals surface area contributed by atoms with Crippen LogP contribution in [0.25, 0.3) is 0 Å². The molecule has 1 heterocycles. The maximum absolute atomic E-state index is 12.5. The van der Waals surface area contributed by atoms with Crippen molar-refractivity contribution in [3.8, 4) is 0 Å². The van der Waals surface area contributed by atoms with E-state index in [0.717, 1.165) is 15.7 Å². The van der Waals surface area contributed by atoms with Gasteiger partial charge < -0.3 is 10.1 Å². The summed E-state index contributed by atoms with van der Waals surface area (Å²) in [5, 5.41) is 3.28. The minimum atomic E-state index is -0.983. The Morgan fingerprint density at radius 3 is 2.57 bits per heavy atom. The molecule has 5 heteroatoms. The first kappa shape index (κ1) is 15.5. The van der Waals surface area contributed by atoms with Crippen LogP contribution in [-0.2, 0) is 15.1 Å². The van der Waals surface area contributed by atoms with Crippen LogP contribution in [-0.4, -0.2) is 17.6 Å². The van der Waals surface area contributed by atoms with E-state index in [1.807, 2.05) is 24.3 Å². The Morgan fingerprint density at radius 2 is 1.95 bits per heavy atom. The molecule has 0 aliphatic rings. The minimum Gasteiger partial charge on any atom is -0.464 e. The highest BCUT2D eigenvalue weighted by Gasteiger charge is 2.37. The molecule has 1 aromatic carbocycles. The van der Waals surface area contributed by atoms with E-state index in [2.05, 4.69) is 26.2 Å². The first-order valence-corrected chi connectivity index (χ1v) is 7.47. The van der Waals surface area contributed by atoms with Crippen molar-refractivity contribution in [3.05, 3.63) is 58.8 Å². The number of nitrogens with one attached hydrogen (secondary N) is 1. The van der Waals surface area contributed by atoms with E-state index in [1.165, 1.54) is 0 Å². The molecule has 4 nitrogen and oxygen atoms in total. The van der Waals surface area contributed by atoms with E-state index in [9.17, 15) is 4.79 Å². The van der Waals surface area contributed by atoms with Gasteiger partial charge in [0.2, 0.25) is 0 Å². The minimum absolute atomic E-state index is 0.327. The number of rotatable bonds is 5. The Hall–Kier alpha value is -1.88. The fraction of sp³-hybridized carbons (Fsp3) is 0.250. The summed E-state index contributed by atoms with van der Waals surface area (Å²) in [4.78, 5) is 16.5. The van der Waals surface area contributed by atoms with Crippen molar-refractivity contribution in [2.45, 2.75) is 19.4 Å². The third-order valence-electron chi connectivity index (χ3n) is 3.20. The lowest BCUT2D eigenvalue weighted by Crippen LogP contribution is -2.42. The summed E-state index contributed by atoms with van der Waals surface area (Å²) >= 11 is 3.48. The predicted octanol–water partition coefficient (Wildman–Crippen LogP) is 3.73. The molecule has 0 aliphatic heterocycles. The highest BCUT2D eigenvalue weighted by molar-refractivity contribution is 9.10. The zero-order chi connectivity index (χ0) is 15.3. The van der Waals surface area contributed by atoms with Gasteiger partial charge in [0.25, 0.3) is 0 Å². The zero-order valence-corrected chi connectivity index (χ0v) is 13.6. The molecule has 0 radical (unpaired) electrons. The first-order chi connectivity index (χ1) is 10.1. The van der Waals surface area contributed by atoms with Crippen LogP contribution in [0, 0.1) is 0 Å². The largest absolute Gasteiger partial charge is 0.464 e. The van der Waals surface area contributed by atoms with Gasteiger partial charge in [-0.1, -0.05) is 12.1 Å². The van der Waals surface area contributed by atoms with Gasteiger partial charge in [-0.25, -0.2) is 4.79 Å². The van der Waals surface area contributed by atoms with Crippen LogP contribution in [0.1, 0.15) is 19.4 Å². The van der Waals surface area contributed by atoms with Crippen LogP contribution >= 0.6 is 15.9 Å². The number of para-hydroxylation sites is 1. The highest BCUT2D eigenvalue weighted by atomic mass is 79.9. The summed E-state index contributed by atoms with van der Waals surface area (Å²) < 4.78 is 6.12. The molecule has 1 aromatic heterocycles. The molecule has 110 valence electrons. The molecular formula is C16H17BrN2O2. The fourth-order valence-electron chi connectivity index (χ4n) is 2.03. The molecule has 2 rings (SSSR count). The summed E-state index contributed by atoms with van der Waals surface area (Å²) in [6.45, 7) is 3.93. The van der Waals surface area contributed by atoms with Gasteiger partial charge in [-0.2, -0.15) is 0 Å². The lowest BCUT2D eigenvalue weighted by Gasteiger charge is -2.30. The Bertz CT molecular complexity index is 619. The van der Waals surface area contributed by atoms with Crippen LogP contribution in [0.5, 0.6) is 0 Å². The highest BCUT2D eigenvalue weighted by Crippen LogP contribution is 2.31. The number of benzene rings is 1. The average molecular weight is 349 g/mol. The molecule has 0 saturated carbocycles. The number of nitrogens with zero attached hydrogens (tertiary/aromatic N) is 1. The second-order valence-corrected chi connectivity index (χ2v) is 5.54.